The number of nitrogens with zero attached hydrogens (tertiary/aromatic N) is 2. The number of halogens is 1. The van der Waals surface area contributed by atoms with Crippen LogP contribution in [0, 0.1) is 5.82 Å². The van der Waals surface area contributed by atoms with Gasteiger partial charge in [0.25, 0.3) is 0 Å². The van der Waals surface area contributed by atoms with Crippen LogP contribution in [-0.2, 0) is 0 Å². The van der Waals surface area contributed by atoms with Crippen molar-refractivity contribution < 1.29 is 4.39 Å². The predicted molar refractivity (Wildman–Crippen MR) is 72.2 cm³/mol. The fourth-order valence-electron chi connectivity index (χ4n) is 3.15. The van der Waals surface area contributed by atoms with Crippen LogP contribution >= 0.6 is 0 Å². The Balaban J connectivity index is 1.71. The minimum absolute atomic E-state index is 0.197. The summed E-state index contributed by atoms with van der Waals surface area (Å²) in [6, 6.07) is 5.60. The van der Waals surface area contributed by atoms with E-state index in [1.165, 1.54) is 32.0 Å². The van der Waals surface area contributed by atoms with Crippen molar-refractivity contribution in [3.05, 3.63) is 24.0 Å². The van der Waals surface area contributed by atoms with Crippen molar-refractivity contribution in [3.63, 3.8) is 0 Å². The SMILES string of the molecule is Nc1ccc(N2CCC(N3CCCC3)C2)c(F)c1. The van der Waals surface area contributed by atoms with Gasteiger partial charge in [0, 0.05) is 24.8 Å². The van der Waals surface area contributed by atoms with E-state index in [9.17, 15) is 4.39 Å². The Morgan fingerprint density at radius 2 is 1.94 bits per heavy atom. The normalized spacial score (nSPS) is 24.9. The minimum Gasteiger partial charge on any atom is -0.399 e. The number of hydrogen-bond donors (Lipinski definition) is 1. The third-order valence-corrected chi connectivity index (χ3v) is 4.13. The summed E-state index contributed by atoms with van der Waals surface area (Å²) in [5, 5.41) is 0. The summed E-state index contributed by atoms with van der Waals surface area (Å²) in [6.45, 7) is 4.31. The van der Waals surface area contributed by atoms with E-state index in [1.54, 1.807) is 12.1 Å². The highest BCUT2D eigenvalue weighted by Gasteiger charge is 2.30. The molecule has 2 fully saturated rings. The fourth-order valence-corrected chi connectivity index (χ4v) is 3.15. The molecule has 1 atom stereocenters. The maximum atomic E-state index is 13.9. The molecule has 2 aliphatic rings. The van der Waals surface area contributed by atoms with E-state index in [0.717, 1.165) is 19.5 Å². The van der Waals surface area contributed by atoms with E-state index >= 15 is 0 Å². The first-order chi connectivity index (χ1) is 8.74. The van der Waals surface area contributed by atoms with Crippen molar-refractivity contribution in [1.82, 2.24) is 4.90 Å². The Morgan fingerprint density at radius 1 is 1.17 bits per heavy atom. The Kier molecular flexibility index (Phi) is 3.12. The number of rotatable bonds is 2. The van der Waals surface area contributed by atoms with Gasteiger partial charge in [0.2, 0.25) is 0 Å². The topological polar surface area (TPSA) is 32.5 Å². The van der Waals surface area contributed by atoms with Crippen LogP contribution in [0.3, 0.4) is 0 Å². The highest BCUT2D eigenvalue weighted by molar-refractivity contribution is 5.55. The molecule has 0 aromatic heterocycles. The summed E-state index contributed by atoms with van der Waals surface area (Å²) >= 11 is 0. The van der Waals surface area contributed by atoms with Crippen molar-refractivity contribution in [3.8, 4) is 0 Å². The van der Waals surface area contributed by atoms with Crippen LogP contribution in [-0.4, -0.2) is 37.1 Å². The van der Waals surface area contributed by atoms with Gasteiger partial charge in [0.1, 0.15) is 5.82 Å². The van der Waals surface area contributed by atoms with Crippen LogP contribution in [0.5, 0.6) is 0 Å². The van der Waals surface area contributed by atoms with Crippen LogP contribution < -0.4 is 10.6 Å². The third-order valence-electron chi connectivity index (χ3n) is 4.13. The Morgan fingerprint density at radius 3 is 2.67 bits per heavy atom. The van der Waals surface area contributed by atoms with Gasteiger partial charge in [-0.25, -0.2) is 4.39 Å². The summed E-state index contributed by atoms with van der Waals surface area (Å²) in [6.07, 6.45) is 3.77. The van der Waals surface area contributed by atoms with Gasteiger partial charge in [-0.05, 0) is 50.6 Å². The van der Waals surface area contributed by atoms with Crippen LogP contribution in [0.15, 0.2) is 18.2 Å². The molecule has 2 N–H and O–H groups in total. The summed E-state index contributed by atoms with van der Waals surface area (Å²) in [5.74, 6) is -0.197. The molecule has 2 saturated heterocycles. The second-order valence-corrected chi connectivity index (χ2v) is 5.34. The Hall–Kier alpha value is -1.29. The largest absolute Gasteiger partial charge is 0.399 e. The van der Waals surface area contributed by atoms with E-state index in [1.807, 2.05) is 0 Å². The minimum atomic E-state index is -0.197. The average molecular weight is 249 g/mol. The molecule has 3 nitrogen and oxygen atoms in total. The van der Waals surface area contributed by atoms with E-state index in [-0.39, 0.29) is 5.82 Å². The molecule has 98 valence electrons. The van der Waals surface area contributed by atoms with E-state index in [4.69, 9.17) is 5.73 Å². The van der Waals surface area contributed by atoms with Crippen LogP contribution in [0.25, 0.3) is 0 Å². The van der Waals surface area contributed by atoms with E-state index in [0.29, 0.717) is 17.4 Å². The molecule has 0 spiro atoms. The second-order valence-electron chi connectivity index (χ2n) is 5.34. The highest BCUT2D eigenvalue weighted by Crippen LogP contribution is 2.28. The van der Waals surface area contributed by atoms with Crippen molar-refractivity contribution in [1.29, 1.82) is 0 Å². The summed E-state index contributed by atoms with van der Waals surface area (Å²) in [7, 11) is 0. The lowest BCUT2D eigenvalue weighted by Crippen LogP contribution is -2.35. The van der Waals surface area contributed by atoms with Crippen LogP contribution in [0.4, 0.5) is 15.8 Å². The van der Waals surface area contributed by atoms with Gasteiger partial charge in [0.05, 0.1) is 5.69 Å². The zero-order chi connectivity index (χ0) is 12.5. The second kappa shape index (κ2) is 4.76. The van der Waals surface area contributed by atoms with E-state index < -0.39 is 0 Å². The first-order valence-electron chi connectivity index (χ1n) is 6.78. The number of nitrogen functional groups attached to an aromatic ring is 1. The number of likely N-dealkylation sites (tertiary alicyclic amines) is 1. The summed E-state index contributed by atoms with van der Waals surface area (Å²) < 4.78 is 13.9. The monoisotopic (exact) mass is 249 g/mol. The Bertz CT molecular complexity index is 429. The molecule has 2 aliphatic heterocycles. The van der Waals surface area contributed by atoms with Crippen LogP contribution in [0.2, 0.25) is 0 Å². The molecule has 2 heterocycles. The van der Waals surface area contributed by atoms with Gasteiger partial charge in [0.15, 0.2) is 0 Å². The molecule has 1 unspecified atom stereocenters. The number of benzene rings is 1. The van der Waals surface area contributed by atoms with Gasteiger partial charge in [-0.2, -0.15) is 0 Å². The lowest BCUT2D eigenvalue weighted by molar-refractivity contribution is 0.260. The standard InChI is InChI=1S/C14H20FN3/c15-13-9-11(16)3-4-14(13)18-8-5-12(10-18)17-6-1-2-7-17/h3-4,9,12H,1-2,5-8,10,16H2. The molecule has 4 heteroatoms. The van der Waals surface area contributed by atoms with Crippen molar-refractivity contribution in [2.45, 2.75) is 25.3 Å². The fraction of sp³-hybridized carbons (Fsp3) is 0.571. The number of nitrogens with two attached hydrogens (primary N) is 1. The zero-order valence-electron chi connectivity index (χ0n) is 10.6. The highest BCUT2D eigenvalue weighted by atomic mass is 19.1. The van der Waals surface area contributed by atoms with Gasteiger partial charge < -0.3 is 10.6 Å². The molecule has 1 aromatic rings. The molecule has 0 amide bonds. The molecule has 0 saturated carbocycles. The zero-order valence-corrected chi connectivity index (χ0v) is 10.6. The maximum absolute atomic E-state index is 13.9. The smallest absolute Gasteiger partial charge is 0.148 e. The molecule has 1 aromatic carbocycles. The molecule has 0 aliphatic carbocycles. The van der Waals surface area contributed by atoms with Gasteiger partial charge in [-0.3, -0.25) is 4.90 Å². The summed E-state index contributed by atoms with van der Waals surface area (Å²) in [5.41, 5.74) is 6.78. The van der Waals surface area contributed by atoms with Crippen molar-refractivity contribution in [2.24, 2.45) is 0 Å². The maximum Gasteiger partial charge on any atom is 0.148 e. The van der Waals surface area contributed by atoms with E-state index in [2.05, 4.69) is 9.80 Å². The van der Waals surface area contributed by atoms with Gasteiger partial charge in [-0.1, -0.05) is 0 Å². The predicted octanol–water partition coefficient (Wildman–Crippen LogP) is 2.08. The molecule has 18 heavy (non-hydrogen) atoms. The molecular weight excluding hydrogens is 229 g/mol. The first kappa shape index (κ1) is 11.8. The third kappa shape index (κ3) is 2.17. The first-order valence-corrected chi connectivity index (χ1v) is 6.78. The van der Waals surface area contributed by atoms with Gasteiger partial charge >= 0.3 is 0 Å². The lowest BCUT2D eigenvalue weighted by Gasteiger charge is -2.24. The molecule has 0 bridgehead atoms. The molecule has 0 radical (unpaired) electrons. The summed E-state index contributed by atoms with van der Waals surface area (Å²) in [4.78, 5) is 4.70. The molecular formula is C14H20FN3. The van der Waals surface area contributed by atoms with Gasteiger partial charge in [-0.15, -0.1) is 0 Å². The lowest BCUT2D eigenvalue weighted by atomic mass is 10.2. The Labute approximate surface area is 107 Å². The number of anilines is 2. The number of hydrogen-bond acceptors (Lipinski definition) is 3. The molecule has 3 rings (SSSR count). The average Bonchev–Trinajstić information content (AvgIpc) is 2.99. The van der Waals surface area contributed by atoms with Crippen molar-refractivity contribution >= 4 is 11.4 Å². The van der Waals surface area contributed by atoms with Crippen molar-refractivity contribution in [2.75, 3.05) is 36.8 Å². The van der Waals surface area contributed by atoms with Crippen LogP contribution in [0.1, 0.15) is 19.3 Å². The quantitative estimate of drug-likeness (QED) is 0.815.